The number of likely N-dealkylation sites (tertiary alicyclic amines) is 2. The topological polar surface area (TPSA) is 80.9 Å². The maximum Gasteiger partial charge on any atom is 0.320 e. The zero-order chi connectivity index (χ0) is 22.4. The van der Waals surface area contributed by atoms with Crippen molar-refractivity contribution in [2.45, 2.75) is 63.2 Å². The molecule has 2 aromatic rings. The van der Waals surface area contributed by atoms with Gasteiger partial charge in [-0.05, 0) is 63.0 Å². The number of hydrogen-bond acceptors (Lipinski definition) is 3. The lowest BCUT2D eigenvalue weighted by Crippen LogP contribution is -2.70. The van der Waals surface area contributed by atoms with Crippen molar-refractivity contribution in [1.29, 1.82) is 0 Å². The van der Waals surface area contributed by atoms with E-state index >= 15 is 0 Å². The number of hydrogen-bond donors (Lipinski definition) is 2. The summed E-state index contributed by atoms with van der Waals surface area (Å²) in [7, 11) is 0. The van der Waals surface area contributed by atoms with Crippen molar-refractivity contribution in [3.05, 3.63) is 34.9 Å². The second-order valence-electron chi connectivity index (χ2n) is 11.7. The van der Waals surface area contributed by atoms with Gasteiger partial charge in [-0.25, -0.2) is 13.6 Å². The van der Waals surface area contributed by atoms with Crippen molar-refractivity contribution < 1.29 is 13.6 Å². The molecule has 5 aliphatic rings. The van der Waals surface area contributed by atoms with Crippen LogP contribution in [-0.4, -0.2) is 62.4 Å². The highest BCUT2D eigenvalue weighted by molar-refractivity contribution is 5.77. The Kier molecular flexibility index (Phi) is 4.11. The molecule has 2 N–H and O–H groups in total. The van der Waals surface area contributed by atoms with Crippen LogP contribution in [0.4, 0.5) is 13.6 Å². The molecule has 33 heavy (non-hydrogen) atoms. The highest BCUT2D eigenvalue weighted by atomic mass is 19.3. The lowest BCUT2D eigenvalue weighted by atomic mass is 9.56. The fourth-order valence-electron chi connectivity index (χ4n) is 7.09. The highest BCUT2D eigenvalue weighted by Gasteiger charge is 2.58. The van der Waals surface area contributed by atoms with Gasteiger partial charge in [-0.1, -0.05) is 0 Å². The lowest BCUT2D eigenvalue weighted by molar-refractivity contribution is -0.100. The summed E-state index contributed by atoms with van der Waals surface area (Å²) in [4.78, 5) is 16.9. The summed E-state index contributed by atoms with van der Waals surface area (Å²) < 4.78 is 25.4. The molecular weight excluding hydrogens is 426 g/mol. The van der Waals surface area contributed by atoms with E-state index in [1.54, 1.807) is 0 Å². The average molecular weight is 457 g/mol. The lowest BCUT2D eigenvalue weighted by Gasteiger charge is -2.63. The molecule has 5 fully saturated rings. The van der Waals surface area contributed by atoms with E-state index in [-0.39, 0.29) is 17.1 Å². The standard InChI is InChI=1S/C24H30F2N6O/c25-21(26)20-4-17(27-30-20)3-14-6-23(7-14)10-31(11-23)22(33)32-12-24(13-32)8-16(9-24)19-5-18(28-29-19)15-1-2-15/h4-5,14-16,21H,1-3,6-13H2,(H,27,30)(H,28,29). The molecule has 176 valence electrons. The molecule has 3 aliphatic carbocycles. The minimum absolute atomic E-state index is 0.170. The van der Waals surface area contributed by atoms with Gasteiger partial charge in [0.2, 0.25) is 0 Å². The predicted octanol–water partition coefficient (Wildman–Crippen LogP) is 4.20. The van der Waals surface area contributed by atoms with E-state index in [9.17, 15) is 13.6 Å². The average Bonchev–Trinajstić information content (AvgIpc) is 3.20. The molecule has 0 bridgehead atoms. The Morgan fingerprint density at radius 3 is 2.24 bits per heavy atom. The predicted molar refractivity (Wildman–Crippen MR) is 116 cm³/mol. The monoisotopic (exact) mass is 456 g/mol. The molecule has 2 aliphatic heterocycles. The van der Waals surface area contributed by atoms with Crippen molar-refractivity contribution >= 4 is 6.03 Å². The van der Waals surface area contributed by atoms with Crippen LogP contribution in [-0.2, 0) is 6.42 Å². The zero-order valence-corrected chi connectivity index (χ0v) is 18.7. The fraction of sp³-hybridized carbons (Fsp3) is 0.708. The molecule has 2 saturated heterocycles. The van der Waals surface area contributed by atoms with E-state index in [1.165, 1.54) is 30.3 Å². The molecule has 0 radical (unpaired) electrons. The van der Waals surface area contributed by atoms with E-state index in [2.05, 4.69) is 26.5 Å². The number of aromatic nitrogens is 4. The summed E-state index contributed by atoms with van der Waals surface area (Å²) >= 11 is 0. The quantitative estimate of drug-likeness (QED) is 0.708. The summed E-state index contributed by atoms with van der Waals surface area (Å²) in [6.07, 6.45) is 5.26. The number of aromatic amines is 2. The minimum atomic E-state index is -2.52. The van der Waals surface area contributed by atoms with Gasteiger partial charge in [-0.3, -0.25) is 10.2 Å². The van der Waals surface area contributed by atoms with Gasteiger partial charge < -0.3 is 9.80 Å². The van der Waals surface area contributed by atoms with Gasteiger partial charge in [-0.15, -0.1) is 0 Å². The van der Waals surface area contributed by atoms with E-state index < -0.39 is 6.43 Å². The van der Waals surface area contributed by atoms with Gasteiger partial charge in [0.05, 0.1) is 5.69 Å². The molecule has 2 aromatic heterocycles. The molecule has 9 heteroatoms. The Bertz CT molecular complexity index is 1060. The number of alkyl halides is 2. The van der Waals surface area contributed by atoms with Gasteiger partial charge in [-0.2, -0.15) is 10.2 Å². The Balaban J connectivity index is 0.845. The second kappa shape index (κ2) is 6.79. The summed E-state index contributed by atoms with van der Waals surface area (Å²) in [6, 6.07) is 3.95. The first-order valence-corrected chi connectivity index (χ1v) is 12.3. The van der Waals surface area contributed by atoms with Crippen molar-refractivity contribution in [1.82, 2.24) is 30.2 Å². The van der Waals surface area contributed by atoms with Crippen molar-refractivity contribution in [3.63, 3.8) is 0 Å². The first-order chi connectivity index (χ1) is 15.9. The van der Waals surface area contributed by atoms with Gasteiger partial charge >= 0.3 is 6.03 Å². The fourth-order valence-corrected chi connectivity index (χ4v) is 7.09. The van der Waals surface area contributed by atoms with Gasteiger partial charge in [0.1, 0.15) is 5.69 Å². The van der Waals surface area contributed by atoms with Crippen LogP contribution in [0.15, 0.2) is 12.1 Å². The van der Waals surface area contributed by atoms with E-state index in [0.717, 1.165) is 64.0 Å². The molecule has 4 heterocycles. The number of amides is 2. The number of nitrogens with one attached hydrogen (secondary N) is 2. The number of nitrogens with zero attached hydrogens (tertiary/aromatic N) is 4. The number of urea groups is 1. The number of carbonyl (C=O) groups is 1. The normalized spacial score (nSPS) is 25.8. The molecule has 7 nitrogen and oxygen atoms in total. The maximum atomic E-state index is 12.9. The van der Waals surface area contributed by atoms with Gasteiger partial charge in [0.25, 0.3) is 6.43 Å². The van der Waals surface area contributed by atoms with Crippen LogP contribution in [0.3, 0.4) is 0 Å². The molecule has 0 atom stereocenters. The summed E-state index contributed by atoms with van der Waals surface area (Å²) in [5, 5.41) is 14.2. The van der Waals surface area contributed by atoms with Crippen molar-refractivity contribution in [2.24, 2.45) is 16.7 Å². The van der Waals surface area contributed by atoms with Gasteiger partial charge in [0, 0.05) is 60.2 Å². The third-order valence-corrected chi connectivity index (χ3v) is 8.88. The van der Waals surface area contributed by atoms with E-state index in [0.29, 0.717) is 23.2 Å². The Morgan fingerprint density at radius 2 is 1.64 bits per heavy atom. The Morgan fingerprint density at radius 1 is 0.970 bits per heavy atom. The smallest absolute Gasteiger partial charge is 0.320 e. The van der Waals surface area contributed by atoms with Crippen LogP contribution in [0.1, 0.15) is 79.6 Å². The van der Waals surface area contributed by atoms with Crippen LogP contribution >= 0.6 is 0 Å². The number of rotatable bonds is 5. The third-order valence-electron chi connectivity index (χ3n) is 8.88. The second-order valence-corrected chi connectivity index (χ2v) is 11.7. The molecule has 0 unspecified atom stereocenters. The molecule has 2 spiro atoms. The number of H-pyrrole nitrogens is 2. The molecule has 7 rings (SSSR count). The Hall–Kier alpha value is -2.45. The maximum absolute atomic E-state index is 12.9. The van der Waals surface area contributed by atoms with Crippen LogP contribution in [0.5, 0.6) is 0 Å². The summed E-state index contributed by atoms with van der Waals surface area (Å²) in [5.74, 6) is 1.76. The Labute approximate surface area is 191 Å². The van der Waals surface area contributed by atoms with E-state index in [4.69, 9.17) is 0 Å². The SMILES string of the molecule is O=C(N1CC2(CC(Cc3cc(C(F)F)n[nH]3)C2)C1)N1CC2(CC(c3cc(C4CC4)[nH]n3)C2)C1. The number of carbonyl (C=O) groups excluding carboxylic acids is 1. The summed E-state index contributed by atoms with van der Waals surface area (Å²) in [5.41, 5.74) is 3.73. The van der Waals surface area contributed by atoms with E-state index in [1.807, 2.05) is 9.80 Å². The highest BCUT2D eigenvalue weighted by Crippen LogP contribution is 2.57. The molecule has 3 saturated carbocycles. The third kappa shape index (κ3) is 3.29. The zero-order valence-electron chi connectivity index (χ0n) is 18.7. The molecular formula is C24H30F2N6O. The van der Waals surface area contributed by atoms with Gasteiger partial charge in [0.15, 0.2) is 0 Å². The summed E-state index contributed by atoms with van der Waals surface area (Å²) in [6.45, 7) is 3.47. The molecule has 2 amide bonds. The van der Waals surface area contributed by atoms with Crippen LogP contribution in [0.25, 0.3) is 0 Å². The number of halogens is 2. The van der Waals surface area contributed by atoms with Crippen molar-refractivity contribution in [2.75, 3.05) is 26.2 Å². The minimum Gasteiger partial charge on any atom is -0.323 e. The van der Waals surface area contributed by atoms with Crippen LogP contribution in [0.2, 0.25) is 0 Å². The molecule has 0 aromatic carbocycles. The van der Waals surface area contributed by atoms with Crippen molar-refractivity contribution in [3.8, 4) is 0 Å². The van der Waals surface area contributed by atoms with Crippen LogP contribution < -0.4 is 0 Å². The van der Waals surface area contributed by atoms with Crippen LogP contribution in [0, 0.1) is 16.7 Å². The first kappa shape index (κ1) is 20.0. The first-order valence-electron chi connectivity index (χ1n) is 12.3. The largest absolute Gasteiger partial charge is 0.323 e.